The number of carbonyl (C=O) groups excluding carboxylic acids is 2. The number of hydrogen-bond donors (Lipinski definition) is 1. The molecule has 0 aliphatic carbocycles. The molecule has 0 spiro atoms. The summed E-state index contributed by atoms with van der Waals surface area (Å²) in [5, 5.41) is 0. The fourth-order valence-corrected chi connectivity index (χ4v) is 4.43. The Morgan fingerprint density at radius 3 is 2.39 bits per heavy atom. The number of benzene rings is 1. The van der Waals surface area contributed by atoms with E-state index < -0.39 is 5.60 Å². The van der Waals surface area contributed by atoms with Crippen molar-refractivity contribution in [2.45, 2.75) is 78.9 Å². The minimum absolute atomic E-state index is 0.0411. The van der Waals surface area contributed by atoms with Gasteiger partial charge < -0.3 is 20.1 Å². The number of ether oxygens (including phenoxy) is 2. The molecule has 1 heterocycles. The minimum atomic E-state index is -0.519. The molecule has 0 radical (unpaired) electrons. The Balaban J connectivity index is 2.07. The second-order valence-corrected chi connectivity index (χ2v) is 11.3. The maximum absolute atomic E-state index is 12.9. The number of nitrogens with two attached hydrogens (primary N) is 1. The summed E-state index contributed by atoms with van der Waals surface area (Å²) in [5.74, 6) is 0.910. The molecule has 1 aliphatic heterocycles. The topological polar surface area (TPSA) is 81.9 Å². The first-order valence-corrected chi connectivity index (χ1v) is 11.7. The van der Waals surface area contributed by atoms with Crippen molar-refractivity contribution in [1.82, 2.24) is 4.90 Å². The zero-order valence-corrected chi connectivity index (χ0v) is 21.5. The molecule has 7 heteroatoms. The fraction of sp³-hybridized carbons (Fsp3) is 0.667. The van der Waals surface area contributed by atoms with E-state index in [-0.39, 0.29) is 23.3 Å². The molecule has 1 saturated heterocycles. The highest BCUT2D eigenvalue weighted by Gasteiger charge is 2.40. The van der Waals surface area contributed by atoms with Crippen LogP contribution >= 0.6 is 15.9 Å². The Morgan fingerprint density at radius 2 is 1.84 bits per heavy atom. The lowest BCUT2D eigenvalue weighted by molar-refractivity contribution is -0.0159. The molecule has 2 unspecified atom stereocenters. The van der Waals surface area contributed by atoms with E-state index >= 15 is 0 Å². The molecule has 1 amide bonds. The van der Waals surface area contributed by atoms with E-state index in [1.54, 1.807) is 19.2 Å². The fourth-order valence-electron chi connectivity index (χ4n) is 4.09. The number of methoxy groups -OCH3 is 1. The van der Waals surface area contributed by atoms with Gasteiger partial charge in [-0.25, -0.2) is 4.79 Å². The van der Waals surface area contributed by atoms with E-state index in [1.165, 1.54) is 0 Å². The summed E-state index contributed by atoms with van der Waals surface area (Å²) < 4.78 is 11.7. The van der Waals surface area contributed by atoms with Gasteiger partial charge in [-0.15, -0.1) is 0 Å². The lowest BCUT2D eigenvalue weighted by atomic mass is 9.75. The van der Waals surface area contributed by atoms with E-state index in [9.17, 15) is 9.59 Å². The number of hydrogen-bond acceptors (Lipinski definition) is 5. The molecule has 0 bridgehead atoms. The Bertz CT molecular complexity index is 811. The van der Waals surface area contributed by atoms with Crippen LogP contribution in [-0.4, -0.2) is 42.1 Å². The zero-order chi connectivity index (χ0) is 23.6. The van der Waals surface area contributed by atoms with Crippen LogP contribution in [0.3, 0.4) is 0 Å². The van der Waals surface area contributed by atoms with Gasteiger partial charge in [-0.3, -0.25) is 4.79 Å². The Hall–Kier alpha value is -1.76. The first-order chi connectivity index (χ1) is 14.2. The average molecular weight is 497 g/mol. The van der Waals surface area contributed by atoms with Crippen LogP contribution in [0.2, 0.25) is 0 Å². The Labute approximate surface area is 195 Å². The summed E-state index contributed by atoms with van der Waals surface area (Å²) >= 11 is 3.39. The van der Waals surface area contributed by atoms with Crippen molar-refractivity contribution in [3.63, 3.8) is 0 Å². The molecule has 1 aromatic carbocycles. The number of piperidine rings is 1. The number of likely N-dealkylation sites (tertiary alicyclic amines) is 1. The van der Waals surface area contributed by atoms with Gasteiger partial charge in [0, 0.05) is 35.2 Å². The first-order valence-electron chi connectivity index (χ1n) is 10.9. The minimum Gasteiger partial charge on any atom is -0.496 e. The summed E-state index contributed by atoms with van der Waals surface area (Å²) in [6.07, 6.45) is 2.68. The van der Waals surface area contributed by atoms with Gasteiger partial charge in [-0.05, 0) is 73.4 Å². The quantitative estimate of drug-likeness (QED) is 0.395. The standard InChI is InChI=1S/C24H37BrN2O4/c1-23(2,3)21-12-15(10-11-27(21)22(29)31-24(4,5)6)8-9-19(28)16-13-17(25)18(26)14-20(16)30-7/h13-15,21H,8-12,26H2,1-7H3. The van der Waals surface area contributed by atoms with Crippen LogP contribution in [0, 0.1) is 11.3 Å². The summed E-state index contributed by atoms with van der Waals surface area (Å²) in [7, 11) is 1.54. The van der Waals surface area contributed by atoms with Gasteiger partial charge in [0.1, 0.15) is 11.4 Å². The van der Waals surface area contributed by atoms with E-state index in [2.05, 4.69) is 36.7 Å². The molecule has 1 fully saturated rings. The number of ketones is 1. The summed E-state index contributed by atoms with van der Waals surface area (Å²) in [6.45, 7) is 12.8. The highest BCUT2D eigenvalue weighted by atomic mass is 79.9. The van der Waals surface area contributed by atoms with Gasteiger partial charge in [0.2, 0.25) is 0 Å². The zero-order valence-electron chi connectivity index (χ0n) is 19.9. The van der Waals surface area contributed by atoms with Crippen LogP contribution < -0.4 is 10.5 Å². The molecule has 1 aliphatic rings. The highest BCUT2D eigenvalue weighted by molar-refractivity contribution is 9.10. The molecule has 1 aromatic rings. The van der Waals surface area contributed by atoms with Crippen LogP contribution in [0.5, 0.6) is 5.75 Å². The Kier molecular flexibility index (Phi) is 8.06. The lowest BCUT2D eigenvalue weighted by Crippen LogP contribution is -2.53. The predicted octanol–water partition coefficient (Wildman–Crippen LogP) is 6.06. The lowest BCUT2D eigenvalue weighted by Gasteiger charge is -2.46. The van der Waals surface area contributed by atoms with E-state index in [0.29, 0.717) is 40.4 Å². The predicted molar refractivity (Wildman–Crippen MR) is 128 cm³/mol. The molecule has 0 saturated carbocycles. The number of nitrogens with zero attached hydrogens (tertiary/aromatic N) is 1. The number of carbonyl (C=O) groups is 2. The van der Waals surface area contributed by atoms with Crippen molar-refractivity contribution in [2.75, 3.05) is 19.4 Å². The van der Waals surface area contributed by atoms with Crippen LogP contribution in [0.1, 0.15) is 77.6 Å². The maximum Gasteiger partial charge on any atom is 0.410 e. The molecular formula is C24H37BrN2O4. The van der Waals surface area contributed by atoms with E-state index in [4.69, 9.17) is 15.2 Å². The largest absolute Gasteiger partial charge is 0.496 e. The smallest absolute Gasteiger partial charge is 0.410 e. The van der Waals surface area contributed by atoms with E-state index in [0.717, 1.165) is 19.3 Å². The normalized spacial score (nSPS) is 19.8. The summed E-state index contributed by atoms with van der Waals surface area (Å²) in [6, 6.07) is 3.47. The number of anilines is 1. The maximum atomic E-state index is 12.9. The summed E-state index contributed by atoms with van der Waals surface area (Å²) in [4.78, 5) is 27.6. The van der Waals surface area contributed by atoms with Gasteiger partial charge in [0.25, 0.3) is 0 Å². The van der Waals surface area contributed by atoms with Crippen LogP contribution in [0.15, 0.2) is 16.6 Å². The molecule has 6 nitrogen and oxygen atoms in total. The molecule has 2 N–H and O–H groups in total. The van der Waals surface area contributed by atoms with Crippen molar-refractivity contribution >= 4 is 33.5 Å². The molecule has 2 atom stereocenters. The molecule has 0 aromatic heterocycles. The van der Waals surface area contributed by atoms with Gasteiger partial charge in [-0.1, -0.05) is 20.8 Å². The van der Waals surface area contributed by atoms with Crippen molar-refractivity contribution in [1.29, 1.82) is 0 Å². The number of nitrogen functional groups attached to an aromatic ring is 1. The van der Waals surface area contributed by atoms with E-state index in [1.807, 2.05) is 25.7 Å². The van der Waals surface area contributed by atoms with Gasteiger partial charge in [-0.2, -0.15) is 0 Å². The van der Waals surface area contributed by atoms with Crippen LogP contribution in [0.4, 0.5) is 10.5 Å². The van der Waals surface area contributed by atoms with Gasteiger partial charge >= 0.3 is 6.09 Å². The van der Waals surface area contributed by atoms with Gasteiger partial charge in [0.15, 0.2) is 5.78 Å². The molecule has 174 valence electrons. The third kappa shape index (κ3) is 6.86. The summed E-state index contributed by atoms with van der Waals surface area (Å²) in [5.41, 5.74) is 6.39. The Morgan fingerprint density at radius 1 is 1.19 bits per heavy atom. The molecular weight excluding hydrogens is 460 g/mol. The number of amides is 1. The van der Waals surface area contributed by atoms with Crippen molar-refractivity contribution in [3.05, 3.63) is 22.2 Å². The number of Topliss-reactive ketones (excluding diaryl/α,β-unsaturated/α-hetero) is 1. The van der Waals surface area contributed by atoms with Gasteiger partial charge in [0.05, 0.1) is 12.7 Å². The number of halogens is 1. The third-order valence-electron chi connectivity index (χ3n) is 5.74. The SMILES string of the molecule is COc1cc(N)c(Br)cc1C(=O)CCC1CCN(C(=O)OC(C)(C)C)C(C(C)(C)C)C1. The van der Waals surface area contributed by atoms with Crippen molar-refractivity contribution in [3.8, 4) is 5.75 Å². The third-order valence-corrected chi connectivity index (χ3v) is 6.42. The average Bonchev–Trinajstić information content (AvgIpc) is 2.65. The van der Waals surface area contributed by atoms with Crippen LogP contribution in [-0.2, 0) is 4.74 Å². The molecule has 2 rings (SSSR count). The second-order valence-electron chi connectivity index (χ2n) is 10.5. The second kappa shape index (κ2) is 9.80. The molecule has 31 heavy (non-hydrogen) atoms. The number of rotatable bonds is 5. The monoisotopic (exact) mass is 496 g/mol. The van der Waals surface area contributed by atoms with Crippen LogP contribution in [0.25, 0.3) is 0 Å². The first kappa shape index (κ1) is 25.5. The van der Waals surface area contributed by atoms with Crippen molar-refractivity contribution in [2.24, 2.45) is 11.3 Å². The highest BCUT2D eigenvalue weighted by Crippen LogP contribution is 2.38. The van der Waals surface area contributed by atoms with Crippen molar-refractivity contribution < 1.29 is 19.1 Å².